The molecule has 0 aliphatic heterocycles. The second kappa shape index (κ2) is 6.25. The number of thioether (sulfide) groups is 1. The molecule has 1 heterocycles. The zero-order valence-electron chi connectivity index (χ0n) is 9.85. The van der Waals surface area contributed by atoms with E-state index in [1.807, 2.05) is 16.4 Å². The normalized spacial score (nSPS) is 15.6. The van der Waals surface area contributed by atoms with Crippen LogP contribution in [0.25, 0.3) is 0 Å². The lowest BCUT2D eigenvalue weighted by molar-refractivity contribution is 0.581. The number of nitrogens with one attached hydrogen (secondary N) is 1. The summed E-state index contributed by atoms with van der Waals surface area (Å²) in [4.78, 5) is 0. The van der Waals surface area contributed by atoms with Gasteiger partial charge < -0.3 is 5.32 Å². The van der Waals surface area contributed by atoms with E-state index in [2.05, 4.69) is 28.7 Å². The topological polar surface area (TPSA) is 42.7 Å². The highest BCUT2D eigenvalue weighted by atomic mass is 32.2. The molecular weight excluding hydrogens is 220 g/mol. The lowest BCUT2D eigenvalue weighted by Gasteiger charge is -1.99. The Bertz CT molecular complexity index is 309. The van der Waals surface area contributed by atoms with E-state index in [0.717, 1.165) is 24.8 Å². The van der Waals surface area contributed by atoms with Crippen molar-refractivity contribution in [2.24, 2.45) is 0 Å². The monoisotopic (exact) mass is 240 g/mol. The highest BCUT2D eigenvalue weighted by molar-refractivity contribution is 7.99. The first-order chi connectivity index (χ1) is 7.88. The smallest absolute Gasteiger partial charge is 0.0964 e. The van der Waals surface area contributed by atoms with Crippen LogP contribution in [0.3, 0.4) is 0 Å². The predicted octanol–water partition coefficient (Wildman–Crippen LogP) is 1.67. The van der Waals surface area contributed by atoms with Gasteiger partial charge in [-0.2, -0.15) is 11.8 Å². The number of nitrogens with zero attached hydrogens (tertiary/aromatic N) is 3. The van der Waals surface area contributed by atoms with E-state index in [9.17, 15) is 0 Å². The van der Waals surface area contributed by atoms with Gasteiger partial charge in [0.15, 0.2) is 0 Å². The van der Waals surface area contributed by atoms with Gasteiger partial charge in [-0.05, 0) is 30.8 Å². The molecule has 2 rings (SSSR count). The van der Waals surface area contributed by atoms with E-state index in [1.54, 1.807) is 0 Å². The molecule has 1 aliphatic rings. The van der Waals surface area contributed by atoms with Crippen LogP contribution in [0, 0.1) is 0 Å². The average molecular weight is 240 g/mol. The van der Waals surface area contributed by atoms with Crippen LogP contribution in [-0.2, 0) is 13.1 Å². The van der Waals surface area contributed by atoms with Crippen molar-refractivity contribution in [3.63, 3.8) is 0 Å². The molecular formula is C11H20N4S. The highest BCUT2D eigenvalue weighted by Crippen LogP contribution is 2.18. The standard InChI is InChI=1S/C11H20N4S/c1-2-16-7-3-6-15-9-11(13-14-15)8-12-10-4-5-10/h9-10,12H,2-8H2,1H3. The molecule has 0 aromatic carbocycles. The van der Waals surface area contributed by atoms with Crippen molar-refractivity contribution in [2.75, 3.05) is 11.5 Å². The van der Waals surface area contributed by atoms with E-state index >= 15 is 0 Å². The zero-order chi connectivity index (χ0) is 11.2. The Balaban J connectivity index is 1.64. The van der Waals surface area contributed by atoms with Gasteiger partial charge in [-0.15, -0.1) is 5.10 Å². The molecule has 16 heavy (non-hydrogen) atoms. The summed E-state index contributed by atoms with van der Waals surface area (Å²) < 4.78 is 1.96. The van der Waals surface area contributed by atoms with Crippen molar-refractivity contribution in [1.82, 2.24) is 20.3 Å². The summed E-state index contributed by atoms with van der Waals surface area (Å²) in [7, 11) is 0. The third-order valence-corrected chi connectivity index (χ3v) is 3.60. The summed E-state index contributed by atoms with van der Waals surface area (Å²) in [5, 5.41) is 11.7. The Morgan fingerprint density at radius 3 is 3.19 bits per heavy atom. The lowest BCUT2D eigenvalue weighted by Crippen LogP contribution is -2.15. The molecule has 0 atom stereocenters. The molecule has 1 aromatic rings. The number of rotatable bonds is 8. The second-order valence-corrected chi connectivity index (χ2v) is 5.57. The first-order valence-corrected chi connectivity index (χ1v) is 7.24. The van der Waals surface area contributed by atoms with Gasteiger partial charge in [-0.1, -0.05) is 12.1 Å². The van der Waals surface area contributed by atoms with Crippen LogP contribution >= 0.6 is 11.8 Å². The fraction of sp³-hybridized carbons (Fsp3) is 0.818. The first kappa shape index (κ1) is 11.9. The Labute approximate surface area is 101 Å². The van der Waals surface area contributed by atoms with Crippen LogP contribution in [0.4, 0.5) is 0 Å². The summed E-state index contributed by atoms with van der Waals surface area (Å²) in [6.45, 7) is 4.06. The molecule has 1 saturated carbocycles. The Hall–Kier alpha value is -0.550. The Kier molecular flexibility index (Phi) is 4.66. The number of hydrogen-bond donors (Lipinski definition) is 1. The number of hydrogen-bond acceptors (Lipinski definition) is 4. The van der Waals surface area contributed by atoms with E-state index < -0.39 is 0 Å². The highest BCUT2D eigenvalue weighted by Gasteiger charge is 2.20. The van der Waals surface area contributed by atoms with Crippen molar-refractivity contribution in [3.05, 3.63) is 11.9 Å². The maximum atomic E-state index is 4.16. The van der Waals surface area contributed by atoms with E-state index in [-0.39, 0.29) is 0 Å². The molecule has 0 unspecified atom stereocenters. The molecule has 0 bridgehead atoms. The van der Waals surface area contributed by atoms with E-state index in [1.165, 1.54) is 30.8 Å². The van der Waals surface area contributed by atoms with Crippen LogP contribution in [0.5, 0.6) is 0 Å². The van der Waals surface area contributed by atoms with Gasteiger partial charge in [0, 0.05) is 25.3 Å². The summed E-state index contributed by atoms with van der Waals surface area (Å²) in [6.07, 6.45) is 5.88. The van der Waals surface area contributed by atoms with Crippen LogP contribution in [0.2, 0.25) is 0 Å². The van der Waals surface area contributed by atoms with Crippen molar-refractivity contribution >= 4 is 11.8 Å². The van der Waals surface area contributed by atoms with Gasteiger partial charge in [0.1, 0.15) is 0 Å². The van der Waals surface area contributed by atoms with Crippen molar-refractivity contribution in [3.8, 4) is 0 Å². The van der Waals surface area contributed by atoms with Gasteiger partial charge in [0.2, 0.25) is 0 Å². The second-order valence-electron chi connectivity index (χ2n) is 4.18. The van der Waals surface area contributed by atoms with Crippen molar-refractivity contribution in [1.29, 1.82) is 0 Å². The molecule has 0 spiro atoms. The van der Waals surface area contributed by atoms with Crippen molar-refractivity contribution < 1.29 is 0 Å². The summed E-state index contributed by atoms with van der Waals surface area (Å²) in [5.41, 5.74) is 1.06. The minimum Gasteiger partial charge on any atom is -0.308 e. The summed E-state index contributed by atoms with van der Waals surface area (Å²) in [5.74, 6) is 2.42. The van der Waals surface area contributed by atoms with Gasteiger partial charge in [-0.25, -0.2) is 0 Å². The van der Waals surface area contributed by atoms with E-state index in [4.69, 9.17) is 0 Å². The molecule has 0 saturated heterocycles. The van der Waals surface area contributed by atoms with E-state index in [0.29, 0.717) is 0 Å². The van der Waals surface area contributed by atoms with Crippen LogP contribution in [0.15, 0.2) is 6.20 Å². The number of aromatic nitrogens is 3. The molecule has 0 radical (unpaired) electrons. The van der Waals surface area contributed by atoms with Crippen molar-refractivity contribution in [2.45, 2.75) is 45.3 Å². The maximum Gasteiger partial charge on any atom is 0.0964 e. The van der Waals surface area contributed by atoms with Crippen LogP contribution < -0.4 is 5.32 Å². The molecule has 1 aliphatic carbocycles. The molecule has 1 fully saturated rings. The van der Waals surface area contributed by atoms with Gasteiger partial charge in [0.25, 0.3) is 0 Å². The average Bonchev–Trinajstić information content (AvgIpc) is 3.02. The first-order valence-electron chi connectivity index (χ1n) is 6.08. The quantitative estimate of drug-likeness (QED) is 0.702. The number of aryl methyl sites for hydroxylation is 1. The molecule has 5 heteroatoms. The largest absolute Gasteiger partial charge is 0.308 e. The van der Waals surface area contributed by atoms with Crippen LogP contribution in [0.1, 0.15) is 31.9 Å². The summed E-state index contributed by atoms with van der Waals surface area (Å²) >= 11 is 1.98. The van der Waals surface area contributed by atoms with Gasteiger partial charge >= 0.3 is 0 Å². The zero-order valence-corrected chi connectivity index (χ0v) is 10.7. The van der Waals surface area contributed by atoms with Crippen LogP contribution in [-0.4, -0.2) is 32.5 Å². The fourth-order valence-electron chi connectivity index (χ4n) is 1.54. The minimum atomic E-state index is 0.742. The molecule has 90 valence electrons. The SMILES string of the molecule is CCSCCCn1cc(CNC2CC2)nn1. The minimum absolute atomic E-state index is 0.742. The molecule has 1 N–H and O–H groups in total. The third-order valence-electron chi connectivity index (χ3n) is 2.62. The van der Waals surface area contributed by atoms with Gasteiger partial charge in [0.05, 0.1) is 5.69 Å². The summed E-state index contributed by atoms with van der Waals surface area (Å²) in [6, 6.07) is 0.742. The lowest BCUT2D eigenvalue weighted by atomic mass is 10.4. The molecule has 0 amide bonds. The fourth-order valence-corrected chi connectivity index (χ4v) is 2.16. The third kappa shape index (κ3) is 4.14. The Morgan fingerprint density at radius 1 is 1.56 bits per heavy atom. The molecule has 1 aromatic heterocycles. The molecule has 4 nitrogen and oxygen atoms in total. The maximum absolute atomic E-state index is 4.16. The Morgan fingerprint density at radius 2 is 2.44 bits per heavy atom. The predicted molar refractivity (Wildman–Crippen MR) is 67.5 cm³/mol. The van der Waals surface area contributed by atoms with Gasteiger partial charge in [-0.3, -0.25) is 4.68 Å².